The van der Waals surface area contributed by atoms with Crippen molar-refractivity contribution in [2.75, 3.05) is 10.6 Å². The number of aromatic nitrogens is 2. The monoisotopic (exact) mass is 448 g/mol. The lowest BCUT2D eigenvalue weighted by molar-refractivity contribution is -0.117. The van der Waals surface area contributed by atoms with E-state index in [1.165, 1.54) is 23.9 Å². The predicted molar refractivity (Wildman–Crippen MR) is 108 cm³/mol. The van der Waals surface area contributed by atoms with Crippen LogP contribution in [0.2, 0.25) is 5.02 Å². The maximum absolute atomic E-state index is 12.5. The summed E-state index contributed by atoms with van der Waals surface area (Å²) < 4.78 is 1.99. The van der Waals surface area contributed by atoms with Crippen molar-refractivity contribution in [2.24, 2.45) is 0 Å². The molecule has 7 nitrogen and oxygen atoms in total. The van der Waals surface area contributed by atoms with Crippen molar-refractivity contribution in [3.8, 4) is 0 Å². The van der Waals surface area contributed by atoms with Crippen LogP contribution in [0.15, 0.2) is 52.0 Å². The zero-order valence-electron chi connectivity index (χ0n) is 14.1. The van der Waals surface area contributed by atoms with Crippen LogP contribution >= 0.6 is 27.5 Å². The largest absolute Gasteiger partial charge is 0.325 e. The van der Waals surface area contributed by atoms with Crippen LogP contribution < -0.4 is 16.2 Å². The van der Waals surface area contributed by atoms with Gasteiger partial charge in [-0.1, -0.05) is 27.5 Å². The summed E-state index contributed by atoms with van der Waals surface area (Å²) in [4.78, 5) is 40.1. The molecular formula is C18H14BrClN4O3. The van der Waals surface area contributed by atoms with E-state index >= 15 is 0 Å². The number of carbonyl (C=O) groups is 2. The van der Waals surface area contributed by atoms with Crippen molar-refractivity contribution in [3.63, 3.8) is 0 Å². The molecule has 0 aliphatic carbocycles. The number of fused-ring (bicyclic) bond motifs is 1. The summed E-state index contributed by atoms with van der Waals surface area (Å²) in [6, 6.07) is 9.89. The second-order valence-electron chi connectivity index (χ2n) is 5.76. The van der Waals surface area contributed by atoms with Gasteiger partial charge in [-0.05, 0) is 36.4 Å². The molecule has 1 aromatic heterocycles. The Balaban J connectivity index is 1.77. The van der Waals surface area contributed by atoms with Crippen LogP contribution in [0.3, 0.4) is 0 Å². The van der Waals surface area contributed by atoms with Crippen LogP contribution in [0, 0.1) is 0 Å². The van der Waals surface area contributed by atoms with Crippen molar-refractivity contribution in [3.05, 3.63) is 62.6 Å². The molecule has 138 valence electrons. The Hall–Kier alpha value is -2.71. The SMILES string of the molecule is CC(=O)Nc1ccc(NC(=O)Cn2cnc3ccc(Br)cc3c2=O)cc1Cl. The van der Waals surface area contributed by atoms with Gasteiger partial charge in [0.2, 0.25) is 11.8 Å². The Bertz CT molecular complexity index is 1110. The minimum absolute atomic E-state index is 0.195. The Labute approximate surface area is 167 Å². The molecule has 0 aliphatic heterocycles. The number of halogens is 2. The van der Waals surface area contributed by atoms with Gasteiger partial charge < -0.3 is 10.6 Å². The molecule has 0 saturated heterocycles. The zero-order valence-corrected chi connectivity index (χ0v) is 16.5. The van der Waals surface area contributed by atoms with Gasteiger partial charge in [0, 0.05) is 17.1 Å². The molecule has 0 radical (unpaired) electrons. The lowest BCUT2D eigenvalue weighted by Crippen LogP contribution is -2.27. The van der Waals surface area contributed by atoms with Gasteiger partial charge in [-0.15, -0.1) is 0 Å². The molecule has 1 heterocycles. The van der Waals surface area contributed by atoms with E-state index in [4.69, 9.17) is 11.6 Å². The first-order valence-electron chi connectivity index (χ1n) is 7.85. The number of amides is 2. The summed E-state index contributed by atoms with van der Waals surface area (Å²) in [6.07, 6.45) is 1.34. The molecule has 2 amide bonds. The van der Waals surface area contributed by atoms with Gasteiger partial charge in [-0.25, -0.2) is 4.98 Å². The Kier molecular flexibility index (Phi) is 5.57. The third-order valence-electron chi connectivity index (χ3n) is 3.66. The molecule has 0 aliphatic rings. The van der Waals surface area contributed by atoms with E-state index in [1.54, 1.807) is 30.3 Å². The molecule has 2 N–H and O–H groups in total. The summed E-state index contributed by atoms with van der Waals surface area (Å²) in [5.41, 5.74) is 1.14. The van der Waals surface area contributed by atoms with Crippen LogP contribution in [0.5, 0.6) is 0 Å². The number of hydrogen-bond acceptors (Lipinski definition) is 4. The van der Waals surface area contributed by atoms with Gasteiger partial charge in [-0.3, -0.25) is 19.0 Å². The highest BCUT2D eigenvalue weighted by molar-refractivity contribution is 9.10. The number of carbonyl (C=O) groups excluding carboxylic acids is 2. The highest BCUT2D eigenvalue weighted by atomic mass is 79.9. The van der Waals surface area contributed by atoms with Crippen molar-refractivity contribution in [1.82, 2.24) is 9.55 Å². The number of rotatable bonds is 4. The average molecular weight is 450 g/mol. The third-order valence-corrected chi connectivity index (χ3v) is 4.47. The molecule has 0 unspecified atom stereocenters. The first kappa shape index (κ1) is 19.1. The number of hydrogen-bond donors (Lipinski definition) is 2. The summed E-state index contributed by atoms with van der Waals surface area (Å²) >= 11 is 9.41. The molecule has 3 aromatic rings. The molecule has 27 heavy (non-hydrogen) atoms. The number of nitrogens with one attached hydrogen (secondary N) is 2. The molecule has 0 bridgehead atoms. The first-order chi connectivity index (χ1) is 12.8. The quantitative estimate of drug-likeness (QED) is 0.638. The molecule has 0 saturated carbocycles. The van der Waals surface area contributed by atoms with E-state index < -0.39 is 5.91 Å². The molecule has 0 spiro atoms. The van der Waals surface area contributed by atoms with E-state index in [0.29, 0.717) is 22.3 Å². The van der Waals surface area contributed by atoms with Crippen LogP contribution in [-0.2, 0) is 16.1 Å². The predicted octanol–water partition coefficient (Wildman–Crippen LogP) is 3.41. The van der Waals surface area contributed by atoms with Crippen LogP contribution in [0.4, 0.5) is 11.4 Å². The van der Waals surface area contributed by atoms with Gasteiger partial charge in [0.15, 0.2) is 0 Å². The number of anilines is 2. The Morgan fingerprint density at radius 1 is 1.19 bits per heavy atom. The van der Waals surface area contributed by atoms with Crippen LogP contribution in [0.1, 0.15) is 6.92 Å². The van der Waals surface area contributed by atoms with E-state index in [0.717, 1.165) is 4.47 Å². The average Bonchev–Trinajstić information content (AvgIpc) is 2.60. The molecule has 2 aromatic carbocycles. The van der Waals surface area contributed by atoms with Crippen LogP contribution in [0.25, 0.3) is 10.9 Å². The van der Waals surface area contributed by atoms with Crippen molar-refractivity contribution < 1.29 is 9.59 Å². The van der Waals surface area contributed by atoms with Crippen molar-refractivity contribution in [2.45, 2.75) is 13.5 Å². The minimum Gasteiger partial charge on any atom is -0.325 e. The summed E-state index contributed by atoms with van der Waals surface area (Å²) in [7, 11) is 0. The first-order valence-corrected chi connectivity index (χ1v) is 9.02. The van der Waals surface area contributed by atoms with Crippen LogP contribution in [-0.4, -0.2) is 21.4 Å². The molecule has 3 rings (SSSR count). The Morgan fingerprint density at radius 3 is 2.67 bits per heavy atom. The molecule has 9 heteroatoms. The summed E-state index contributed by atoms with van der Waals surface area (Å²) in [5.74, 6) is -0.653. The van der Waals surface area contributed by atoms with Gasteiger partial charge in [0.05, 0.1) is 27.9 Å². The van der Waals surface area contributed by atoms with E-state index in [9.17, 15) is 14.4 Å². The number of benzene rings is 2. The zero-order chi connectivity index (χ0) is 19.6. The second-order valence-corrected chi connectivity index (χ2v) is 7.09. The fourth-order valence-corrected chi connectivity index (χ4v) is 3.07. The van der Waals surface area contributed by atoms with Gasteiger partial charge >= 0.3 is 0 Å². The highest BCUT2D eigenvalue weighted by Gasteiger charge is 2.10. The lowest BCUT2D eigenvalue weighted by atomic mass is 10.2. The fourth-order valence-electron chi connectivity index (χ4n) is 2.48. The smallest absolute Gasteiger partial charge is 0.261 e. The standard InChI is InChI=1S/C18H14BrClN4O3/c1-10(25)22-16-5-3-12(7-14(16)20)23-17(26)8-24-9-21-15-4-2-11(19)6-13(15)18(24)27/h2-7,9H,8H2,1H3,(H,22,25)(H,23,26). The van der Waals surface area contributed by atoms with Gasteiger partial charge in [-0.2, -0.15) is 0 Å². The maximum Gasteiger partial charge on any atom is 0.261 e. The van der Waals surface area contributed by atoms with E-state index in [2.05, 4.69) is 31.5 Å². The fraction of sp³-hybridized carbons (Fsp3) is 0.111. The number of nitrogens with zero attached hydrogens (tertiary/aromatic N) is 2. The Morgan fingerprint density at radius 2 is 1.96 bits per heavy atom. The van der Waals surface area contributed by atoms with Gasteiger partial charge in [0.25, 0.3) is 5.56 Å². The van der Waals surface area contributed by atoms with Crippen molar-refractivity contribution in [1.29, 1.82) is 0 Å². The van der Waals surface area contributed by atoms with E-state index in [1.807, 2.05) is 0 Å². The second kappa shape index (κ2) is 7.89. The summed E-state index contributed by atoms with van der Waals surface area (Å²) in [5, 5.41) is 5.96. The lowest BCUT2D eigenvalue weighted by Gasteiger charge is -2.10. The molecule has 0 fully saturated rings. The van der Waals surface area contributed by atoms with Gasteiger partial charge in [0.1, 0.15) is 6.54 Å². The summed E-state index contributed by atoms with van der Waals surface area (Å²) in [6.45, 7) is 1.18. The molecular weight excluding hydrogens is 436 g/mol. The minimum atomic E-state index is -0.406. The van der Waals surface area contributed by atoms with Crippen molar-refractivity contribution >= 4 is 61.6 Å². The maximum atomic E-state index is 12.5. The molecule has 0 atom stereocenters. The third kappa shape index (κ3) is 4.53. The highest BCUT2D eigenvalue weighted by Crippen LogP contribution is 2.25. The van der Waals surface area contributed by atoms with E-state index in [-0.39, 0.29) is 23.0 Å². The normalized spacial score (nSPS) is 10.6. The topological polar surface area (TPSA) is 93.1 Å².